The van der Waals surface area contributed by atoms with Crippen LogP contribution in [0.3, 0.4) is 0 Å². The number of imidazole rings is 1. The Morgan fingerprint density at radius 1 is 0.802 bits per heavy atom. The topological polar surface area (TPSA) is 320 Å². The minimum atomic E-state index is -4.66. The fraction of sp³-hybridized carbons (Fsp3) is 0.314. The van der Waals surface area contributed by atoms with Gasteiger partial charge < -0.3 is 49.9 Å². The number of phosphoric ester groups is 1. The molecular formula is C70H74N9O16P. The monoisotopic (exact) mass is 1330 g/mol. The van der Waals surface area contributed by atoms with E-state index in [-0.39, 0.29) is 99.2 Å². The van der Waals surface area contributed by atoms with E-state index in [9.17, 15) is 33.6 Å². The maximum Gasteiger partial charge on any atom is 0.475 e. The number of H-pyrrole nitrogens is 1. The van der Waals surface area contributed by atoms with Crippen LogP contribution in [-0.4, -0.2) is 124 Å². The van der Waals surface area contributed by atoms with Crippen molar-refractivity contribution in [2.75, 3.05) is 52.5 Å². The van der Waals surface area contributed by atoms with Crippen molar-refractivity contribution in [3.63, 3.8) is 0 Å². The van der Waals surface area contributed by atoms with E-state index in [2.05, 4.69) is 54.8 Å². The average Bonchev–Trinajstić information content (AvgIpc) is 1.50. The molecule has 26 heteroatoms. The van der Waals surface area contributed by atoms with E-state index in [0.29, 0.717) is 34.6 Å². The molecule has 1 aliphatic carbocycles. The third kappa shape index (κ3) is 15.6. The van der Waals surface area contributed by atoms with Crippen LogP contribution < -0.4 is 37.1 Å². The summed E-state index contributed by atoms with van der Waals surface area (Å²) in [5.74, 6) is 0.149. The number of ether oxygens (including phenoxy) is 6. The van der Waals surface area contributed by atoms with Gasteiger partial charge in [-0.3, -0.25) is 46.9 Å². The first-order chi connectivity index (χ1) is 46.6. The third-order valence-electron chi connectivity index (χ3n) is 16.8. The summed E-state index contributed by atoms with van der Waals surface area (Å²) in [5, 5.41) is 16.9. The number of carbonyl (C=O) groups is 3. The quantitative estimate of drug-likeness (QED) is 0.0154. The molecule has 0 radical (unpaired) electrons. The second-order valence-corrected chi connectivity index (χ2v) is 24.7. The molecule has 11 rings (SSSR count). The third-order valence-corrected chi connectivity index (χ3v) is 18.4. The highest BCUT2D eigenvalue weighted by Gasteiger charge is 2.43. The number of aromatic amines is 1. The number of fused-ring (bicyclic) bond motifs is 4. The zero-order chi connectivity index (χ0) is 67.3. The van der Waals surface area contributed by atoms with E-state index in [1.54, 1.807) is 50.0 Å². The maximum atomic E-state index is 14.9. The van der Waals surface area contributed by atoms with Gasteiger partial charge in [-0.15, -0.1) is 0 Å². The predicted molar refractivity (Wildman–Crippen MR) is 353 cm³/mol. The summed E-state index contributed by atoms with van der Waals surface area (Å²) in [6, 6.07) is 47.3. The van der Waals surface area contributed by atoms with Gasteiger partial charge in [0.05, 0.1) is 52.6 Å². The lowest BCUT2D eigenvalue weighted by molar-refractivity contribution is -0.144. The normalized spacial score (nSPS) is 16.5. The molecule has 6 N–H and O–H groups in total. The van der Waals surface area contributed by atoms with Crippen molar-refractivity contribution in [2.45, 2.75) is 95.0 Å². The number of benzene rings is 6. The van der Waals surface area contributed by atoms with Gasteiger partial charge in [0.2, 0.25) is 5.91 Å². The first kappa shape index (κ1) is 67.9. The second kappa shape index (κ2) is 30.9. The second-order valence-electron chi connectivity index (χ2n) is 23.0. The van der Waals surface area contributed by atoms with Crippen LogP contribution in [0.5, 0.6) is 11.5 Å². The van der Waals surface area contributed by atoms with E-state index in [4.69, 9.17) is 47.7 Å². The van der Waals surface area contributed by atoms with Crippen LogP contribution >= 0.6 is 7.82 Å². The highest BCUT2D eigenvalue weighted by Crippen LogP contribution is 2.52. The molecule has 4 heterocycles. The minimum Gasteiger partial charge on any atom is -0.497 e. The van der Waals surface area contributed by atoms with E-state index in [0.717, 1.165) is 37.9 Å². The number of aryl methyl sites for hydroxylation is 1. The summed E-state index contributed by atoms with van der Waals surface area (Å²) in [6.45, 7) is 2.09. The van der Waals surface area contributed by atoms with Gasteiger partial charge in [-0.2, -0.15) is 0 Å². The molecular weight excluding hydrogens is 1250 g/mol. The number of anilines is 1. The lowest BCUT2D eigenvalue weighted by Crippen LogP contribution is -2.40. The molecule has 0 spiro atoms. The minimum absolute atomic E-state index is 0.0519. The number of phosphoric acid groups is 1. The van der Waals surface area contributed by atoms with Gasteiger partial charge >= 0.3 is 19.5 Å². The van der Waals surface area contributed by atoms with E-state index in [1.165, 1.54) is 25.8 Å². The number of carbonyl (C=O) groups excluding carboxylic acids is 3. The summed E-state index contributed by atoms with van der Waals surface area (Å²) < 4.78 is 72.5. The number of nitrogens with one attached hydrogen (secondary N) is 3. The number of hydrogen-bond acceptors (Lipinski definition) is 20. The van der Waals surface area contributed by atoms with Crippen molar-refractivity contribution >= 4 is 42.6 Å². The Morgan fingerprint density at radius 2 is 1.45 bits per heavy atom. The molecule has 6 atom stereocenters. The Hall–Kier alpha value is -9.53. The number of amides is 2. The number of methoxy groups -OCH3 is 2. The lowest BCUT2D eigenvalue weighted by Gasteiger charge is -2.38. The number of esters is 1. The molecule has 4 unspecified atom stereocenters. The number of nitrogens with zero attached hydrogens (tertiary/aromatic N) is 5. The van der Waals surface area contributed by atoms with Gasteiger partial charge in [0.15, 0.2) is 17.0 Å². The van der Waals surface area contributed by atoms with Gasteiger partial charge in [-0.25, -0.2) is 24.3 Å². The van der Waals surface area contributed by atoms with Gasteiger partial charge in [0.1, 0.15) is 55.2 Å². The molecule has 500 valence electrons. The zero-order valence-corrected chi connectivity index (χ0v) is 54.1. The van der Waals surface area contributed by atoms with Crippen LogP contribution in [0.25, 0.3) is 22.3 Å². The van der Waals surface area contributed by atoms with E-state index < -0.39 is 67.8 Å². The lowest BCUT2D eigenvalue weighted by atomic mass is 9.80. The van der Waals surface area contributed by atoms with Crippen LogP contribution in [0.2, 0.25) is 0 Å². The van der Waals surface area contributed by atoms with Crippen LogP contribution in [0, 0.1) is 6.92 Å². The molecule has 6 aromatic carbocycles. The summed E-state index contributed by atoms with van der Waals surface area (Å²) in [6.07, 6.45) is -1.18. The Bertz CT molecular complexity index is 4250. The number of aliphatic hydroxyl groups is 1. The van der Waals surface area contributed by atoms with E-state index >= 15 is 0 Å². The molecule has 1 aliphatic heterocycles. The summed E-state index contributed by atoms with van der Waals surface area (Å²) >= 11 is 0. The number of rotatable bonds is 31. The Morgan fingerprint density at radius 3 is 2.10 bits per heavy atom. The van der Waals surface area contributed by atoms with Gasteiger partial charge in [-0.1, -0.05) is 115 Å². The van der Waals surface area contributed by atoms with Crippen molar-refractivity contribution in [2.24, 2.45) is 5.73 Å². The largest absolute Gasteiger partial charge is 0.497 e. The first-order valence-electron chi connectivity index (χ1n) is 31.3. The molecule has 1 fully saturated rings. The molecule has 0 saturated carbocycles. The van der Waals surface area contributed by atoms with Gasteiger partial charge in [-0.05, 0) is 101 Å². The van der Waals surface area contributed by atoms with Gasteiger partial charge in [0.25, 0.3) is 11.5 Å². The molecule has 9 aromatic rings. The Labute approximate surface area is 552 Å². The standard InChI is InChI=1S/C70H74N9O16P/c1-44-37-79(69(85)77-67(44)83)62-35-58(80)60(94-62)40-93-96(86,92-34-33-71)95-45(2)59(39-91-70(48-13-6-5-7-14-48,49-25-29-51(87-3)30-26-49)50-27-31-52(88-4)32-28-50)90-43-78-42-75-64-65(73-41-74-66(64)78)76-68(84)47-23-21-46(22-24-47)36-72-61(81)19-12-20-63(82)89-38-57-55-17-10-8-15-53(55)54-16-9-11-18-56(54)57/h5-11,13-18,21-32,37,41-42,45,57-60,62,80H,12,19-20,33-36,38-40,43,71H2,1-4H3,(H,72,81)(H,77,83,85)(H,73,74,76,84)/t45?,58?,59-,60-,62?,96?/m1/s1. The molecule has 2 aliphatic rings. The average molecular weight is 1330 g/mol. The molecule has 2 amide bonds. The summed E-state index contributed by atoms with van der Waals surface area (Å²) in [4.78, 5) is 80.1. The fourth-order valence-corrected chi connectivity index (χ4v) is 13.1. The molecule has 25 nitrogen and oxygen atoms in total. The van der Waals surface area contributed by atoms with Crippen molar-refractivity contribution in [3.05, 3.63) is 236 Å². The SMILES string of the molecule is COc1ccc(C(OC[C@@H](OCn2cnc3c(NC(=O)c4ccc(CNC(=O)CCCC(=O)OCC5c6ccccc6-c6ccccc65)cc4)ncnc32)C(C)OP(=O)(OCCN)OC[C@H]2OC(n3cc(C)c(=O)[nH]c3=O)CC2O)(c2ccccc2)c2ccc(OC)cc2)cc1. The number of aliphatic hydroxyl groups excluding tert-OH is 1. The number of aromatic nitrogens is 6. The van der Waals surface area contributed by atoms with Crippen molar-refractivity contribution < 1.29 is 66.0 Å². The maximum absolute atomic E-state index is 14.9. The summed E-state index contributed by atoms with van der Waals surface area (Å²) in [5.41, 5.74) is 11.6. The number of hydrogen-bond donors (Lipinski definition) is 5. The molecule has 0 bridgehead atoms. The van der Waals surface area contributed by atoms with E-state index in [1.807, 2.05) is 103 Å². The highest BCUT2D eigenvalue weighted by molar-refractivity contribution is 7.48. The Kier molecular flexibility index (Phi) is 21.9. The molecule has 3 aromatic heterocycles. The first-order valence-corrected chi connectivity index (χ1v) is 32.7. The highest BCUT2D eigenvalue weighted by atomic mass is 31.2. The van der Waals surface area contributed by atoms with Crippen LogP contribution in [-0.2, 0) is 65.5 Å². The molecule has 1 saturated heterocycles. The predicted octanol–water partition coefficient (Wildman–Crippen LogP) is 8.60. The van der Waals surface area contributed by atoms with Crippen LogP contribution in [0.15, 0.2) is 180 Å². The van der Waals surface area contributed by atoms with Gasteiger partial charge in [0, 0.05) is 55.6 Å². The molecule has 96 heavy (non-hydrogen) atoms. The van der Waals surface area contributed by atoms with Crippen molar-refractivity contribution in [1.82, 2.24) is 34.4 Å². The Balaban J connectivity index is 0.768. The summed E-state index contributed by atoms with van der Waals surface area (Å²) in [7, 11) is -1.52. The fourth-order valence-electron chi connectivity index (χ4n) is 11.7. The van der Waals surface area contributed by atoms with Crippen molar-refractivity contribution in [3.8, 4) is 22.6 Å². The smallest absolute Gasteiger partial charge is 0.475 e. The van der Waals surface area contributed by atoms with Crippen LogP contribution in [0.4, 0.5) is 5.82 Å². The zero-order valence-electron chi connectivity index (χ0n) is 53.2. The van der Waals surface area contributed by atoms with Crippen molar-refractivity contribution in [1.29, 1.82) is 0 Å². The van der Waals surface area contributed by atoms with Crippen LogP contribution in [0.1, 0.15) is 94.1 Å². The number of nitrogens with two attached hydrogens (primary N) is 1.